The Kier molecular flexibility index (Phi) is 6.97. The molecule has 2 aromatic carbocycles. The van der Waals surface area contributed by atoms with Crippen molar-refractivity contribution in [2.45, 2.75) is 26.0 Å². The van der Waals surface area contributed by atoms with Gasteiger partial charge in [-0.2, -0.15) is 0 Å². The van der Waals surface area contributed by atoms with E-state index in [1.165, 1.54) is 18.2 Å². The van der Waals surface area contributed by atoms with Crippen molar-refractivity contribution in [2.75, 3.05) is 20.8 Å². The van der Waals surface area contributed by atoms with Crippen molar-refractivity contribution in [3.8, 4) is 11.1 Å². The number of nitrogens with one attached hydrogen (secondary N) is 1. The highest BCUT2D eigenvalue weighted by Gasteiger charge is 2.19. The molecule has 4 nitrogen and oxygen atoms in total. The van der Waals surface area contributed by atoms with Crippen LogP contribution in [-0.4, -0.2) is 32.8 Å². The lowest BCUT2D eigenvalue weighted by Crippen LogP contribution is -2.28. The van der Waals surface area contributed by atoms with Crippen LogP contribution in [0.1, 0.15) is 18.1 Å². The maximum absolute atomic E-state index is 11.7. The van der Waals surface area contributed by atoms with E-state index in [4.69, 9.17) is 9.47 Å². The summed E-state index contributed by atoms with van der Waals surface area (Å²) in [4.78, 5) is 11.7. The lowest BCUT2D eigenvalue weighted by molar-refractivity contribution is -0.153. The van der Waals surface area contributed by atoms with E-state index < -0.39 is 6.10 Å². The van der Waals surface area contributed by atoms with E-state index in [0.717, 1.165) is 17.7 Å². The van der Waals surface area contributed by atoms with Gasteiger partial charge in [0.05, 0.1) is 7.11 Å². The minimum Gasteiger partial charge on any atom is -0.467 e. The van der Waals surface area contributed by atoms with Gasteiger partial charge in [-0.3, -0.25) is 0 Å². The average molecular weight is 327 g/mol. The fraction of sp³-hybridized carbons (Fsp3) is 0.350. The second-order valence-corrected chi connectivity index (χ2v) is 5.60. The maximum Gasteiger partial charge on any atom is 0.335 e. The molecule has 2 rings (SSSR count). The third-order valence-electron chi connectivity index (χ3n) is 3.85. The van der Waals surface area contributed by atoms with Gasteiger partial charge < -0.3 is 14.8 Å². The summed E-state index contributed by atoms with van der Waals surface area (Å²) >= 11 is 0. The third-order valence-corrected chi connectivity index (χ3v) is 3.85. The summed E-state index contributed by atoms with van der Waals surface area (Å²) in [7, 11) is 3.33. The first-order chi connectivity index (χ1) is 11.7. The van der Waals surface area contributed by atoms with Crippen molar-refractivity contribution in [1.29, 1.82) is 0 Å². The molecule has 0 amide bonds. The van der Waals surface area contributed by atoms with E-state index >= 15 is 0 Å². The van der Waals surface area contributed by atoms with Crippen LogP contribution in [0, 0.1) is 0 Å². The van der Waals surface area contributed by atoms with Gasteiger partial charge in [-0.25, -0.2) is 4.79 Å². The Morgan fingerprint density at radius 2 is 1.83 bits per heavy atom. The summed E-state index contributed by atoms with van der Waals surface area (Å²) in [6.45, 7) is 3.20. The number of benzene rings is 2. The van der Waals surface area contributed by atoms with Gasteiger partial charge in [-0.15, -0.1) is 0 Å². The molecule has 0 aliphatic carbocycles. The molecule has 4 heteroatoms. The van der Waals surface area contributed by atoms with Gasteiger partial charge in [-0.1, -0.05) is 42.5 Å². The Morgan fingerprint density at radius 3 is 2.46 bits per heavy atom. The van der Waals surface area contributed by atoms with Gasteiger partial charge in [0.2, 0.25) is 0 Å². The molecular weight excluding hydrogens is 302 g/mol. The molecule has 1 N–H and O–H groups in total. The zero-order valence-electron chi connectivity index (χ0n) is 14.5. The largest absolute Gasteiger partial charge is 0.467 e. The fourth-order valence-corrected chi connectivity index (χ4v) is 2.66. The van der Waals surface area contributed by atoms with Crippen LogP contribution in [0.15, 0.2) is 48.5 Å². The highest BCUT2D eigenvalue weighted by atomic mass is 16.6. The second-order valence-electron chi connectivity index (χ2n) is 5.60. The molecule has 0 saturated carbocycles. The van der Waals surface area contributed by atoms with Crippen LogP contribution >= 0.6 is 0 Å². The summed E-state index contributed by atoms with van der Waals surface area (Å²) in [6, 6.07) is 16.7. The highest BCUT2D eigenvalue weighted by molar-refractivity contribution is 5.75. The molecular formula is C20H25NO3. The smallest absolute Gasteiger partial charge is 0.335 e. The first-order valence-corrected chi connectivity index (χ1v) is 8.20. The number of ether oxygens (including phenoxy) is 2. The Labute approximate surface area is 143 Å². The molecule has 0 bridgehead atoms. The molecule has 24 heavy (non-hydrogen) atoms. The quantitative estimate of drug-likeness (QED) is 0.757. The average Bonchev–Trinajstić information content (AvgIpc) is 2.62. The summed E-state index contributed by atoms with van der Waals surface area (Å²) in [5, 5.41) is 3.16. The van der Waals surface area contributed by atoms with Crippen LogP contribution in [-0.2, 0) is 27.2 Å². The number of hydrogen-bond acceptors (Lipinski definition) is 4. The summed E-state index contributed by atoms with van der Waals surface area (Å²) in [5.74, 6) is -0.333. The summed E-state index contributed by atoms with van der Waals surface area (Å²) in [6.07, 6.45) is -0.0366. The molecule has 0 spiro atoms. The molecule has 0 aliphatic heterocycles. The van der Waals surface area contributed by atoms with Crippen LogP contribution in [0.2, 0.25) is 0 Å². The predicted molar refractivity (Wildman–Crippen MR) is 95.8 cm³/mol. The third kappa shape index (κ3) is 4.91. The van der Waals surface area contributed by atoms with E-state index in [1.54, 1.807) is 0 Å². The molecule has 0 aromatic heterocycles. The number of carbonyl (C=O) groups excluding carboxylic acids is 1. The van der Waals surface area contributed by atoms with Crippen molar-refractivity contribution in [1.82, 2.24) is 5.32 Å². The molecule has 1 atom stereocenters. The Bertz CT molecular complexity index is 652. The van der Waals surface area contributed by atoms with Gasteiger partial charge in [0, 0.05) is 19.6 Å². The van der Waals surface area contributed by atoms with E-state index in [2.05, 4.69) is 41.7 Å². The van der Waals surface area contributed by atoms with Crippen molar-refractivity contribution in [2.24, 2.45) is 0 Å². The van der Waals surface area contributed by atoms with E-state index in [9.17, 15) is 4.79 Å². The molecule has 0 aliphatic rings. The van der Waals surface area contributed by atoms with E-state index in [-0.39, 0.29) is 5.97 Å². The Balaban J connectivity index is 2.12. The zero-order valence-corrected chi connectivity index (χ0v) is 14.5. The predicted octanol–water partition coefficient (Wildman–Crippen LogP) is 3.19. The minimum atomic E-state index is -0.551. The van der Waals surface area contributed by atoms with Crippen molar-refractivity contribution >= 4 is 5.97 Å². The van der Waals surface area contributed by atoms with Gasteiger partial charge in [0.25, 0.3) is 0 Å². The van der Waals surface area contributed by atoms with E-state index in [0.29, 0.717) is 13.0 Å². The molecule has 0 unspecified atom stereocenters. The lowest BCUT2D eigenvalue weighted by Gasteiger charge is -2.15. The number of hydrogen-bond donors (Lipinski definition) is 1. The summed E-state index contributed by atoms with van der Waals surface area (Å²) < 4.78 is 10.3. The van der Waals surface area contributed by atoms with Crippen LogP contribution in [0.3, 0.4) is 0 Å². The zero-order chi connectivity index (χ0) is 17.4. The van der Waals surface area contributed by atoms with Crippen molar-refractivity contribution < 1.29 is 14.3 Å². The Hall–Kier alpha value is -2.17. The van der Waals surface area contributed by atoms with Crippen LogP contribution < -0.4 is 5.32 Å². The SMILES string of the molecule is CCO[C@@H](Cc1ccc(-c2cccc(CNC)c2)cc1)C(=O)OC. The first kappa shape index (κ1) is 18.2. The van der Waals surface area contributed by atoms with Crippen molar-refractivity contribution in [3.05, 3.63) is 59.7 Å². The van der Waals surface area contributed by atoms with Gasteiger partial charge >= 0.3 is 5.97 Å². The lowest BCUT2D eigenvalue weighted by atomic mass is 10.00. The van der Waals surface area contributed by atoms with Crippen molar-refractivity contribution in [3.63, 3.8) is 0 Å². The van der Waals surface area contributed by atoms with E-state index in [1.807, 2.05) is 26.1 Å². The minimum absolute atomic E-state index is 0.333. The molecule has 2 aromatic rings. The molecule has 128 valence electrons. The molecule has 0 radical (unpaired) electrons. The molecule has 0 heterocycles. The Morgan fingerprint density at radius 1 is 1.08 bits per heavy atom. The number of esters is 1. The summed E-state index contributed by atoms with van der Waals surface area (Å²) in [5.41, 5.74) is 4.64. The number of methoxy groups -OCH3 is 1. The fourth-order valence-electron chi connectivity index (χ4n) is 2.66. The topological polar surface area (TPSA) is 47.6 Å². The monoisotopic (exact) mass is 327 g/mol. The van der Waals surface area contributed by atoms with Gasteiger partial charge in [0.1, 0.15) is 0 Å². The van der Waals surface area contributed by atoms with Crippen LogP contribution in [0.5, 0.6) is 0 Å². The highest BCUT2D eigenvalue weighted by Crippen LogP contribution is 2.22. The van der Waals surface area contributed by atoms with Crippen LogP contribution in [0.4, 0.5) is 0 Å². The number of carbonyl (C=O) groups is 1. The van der Waals surface area contributed by atoms with Gasteiger partial charge in [-0.05, 0) is 42.3 Å². The maximum atomic E-state index is 11.7. The molecule has 0 saturated heterocycles. The molecule has 0 fully saturated rings. The van der Waals surface area contributed by atoms with Gasteiger partial charge in [0.15, 0.2) is 6.10 Å². The van der Waals surface area contributed by atoms with Crippen LogP contribution in [0.25, 0.3) is 11.1 Å². The first-order valence-electron chi connectivity index (χ1n) is 8.20. The standard InChI is InChI=1S/C20H25NO3/c1-4-24-19(20(22)23-3)13-15-8-10-17(11-9-15)18-7-5-6-16(12-18)14-21-2/h5-12,19,21H,4,13-14H2,1-3H3/t19-/m0/s1. The second kappa shape index (κ2) is 9.21. The normalized spacial score (nSPS) is 12.0. The number of rotatable bonds is 8.